The molecule has 0 unspecified atom stereocenters. The number of halogens is 2. The van der Waals surface area contributed by atoms with Crippen LogP contribution in [0.25, 0.3) is 0 Å². The van der Waals surface area contributed by atoms with E-state index in [0.29, 0.717) is 0 Å². The van der Waals surface area contributed by atoms with Gasteiger partial charge in [-0.2, -0.15) is 0 Å². The van der Waals surface area contributed by atoms with Gasteiger partial charge in [-0.25, -0.2) is 0 Å². The summed E-state index contributed by atoms with van der Waals surface area (Å²) in [5, 5.41) is 0. The lowest BCUT2D eigenvalue weighted by molar-refractivity contribution is 1.59. The second-order valence-electron chi connectivity index (χ2n) is 1.38. The minimum absolute atomic E-state index is 1.21. The molecule has 0 fully saturated rings. The van der Waals surface area contributed by atoms with E-state index in [9.17, 15) is 0 Å². The van der Waals surface area contributed by atoms with Crippen LogP contribution in [-0.2, 0) is 0 Å². The average Bonchev–Trinajstić information content (AvgIpc) is 1.82. The van der Waals surface area contributed by atoms with Gasteiger partial charge >= 0.3 is 0 Å². The van der Waals surface area contributed by atoms with Gasteiger partial charge < -0.3 is 0 Å². The summed E-state index contributed by atoms with van der Waals surface area (Å²) in [4.78, 5) is 3.59. The molecular weight excluding hydrogens is 340 g/mol. The molecule has 0 aliphatic heterocycles. The molecule has 0 aromatic carbocycles. The standard InChI is InChI=1S/C6H7I2N/c1-5(7)6(8)3-4-9-2/h3-4H,2H2,1H3/b4-3-,6-5-. The minimum Gasteiger partial charge on any atom is -0.272 e. The third kappa shape index (κ3) is 5.07. The Morgan fingerprint density at radius 1 is 1.56 bits per heavy atom. The maximum atomic E-state index is 3.59. The highest BCUT2D eigenvalue weighted by Gasteiger charge is 1.86. The molecule has 3 heteroatoms. The fourth-order valence-corrected chi connectivity index (χ4v) is 0.574. The first-order chi connectivity index (χ1) is 4.18. The predicted molar refractivity (Wildman–Crippen MR) is 59.4 cm³/mol. The smallest absolute Gasteiger partial charge is 0.0271 e. The van der Waals surface area contributed by atoms with Crippen molar-refractivity contribution in [3.8, 4) is 0 Å². The molecule has 0 spiro atoms. The monoisotopic (exact) mass is 347 g/mol. The van der Waals surface area contributed by atoms with Gasteiger partial charge in [-0.1, -0.05) is 0 Å². The first-order valence-corrected chi connectivity index (χ1v) is 4.48. The number of hydrogen-bond donors (Lipinski definition) is 0. The number of rotatable bonds is 2. The summed E-state index contributed by atoms with van der Waals surface area (Å²) >= 11 is 4.52. The molecule has 0 aliphatic rings. The maximum absolute atomic E-state index is 3.59. The van der Waals surface area contributed by atoms with E-state index in [1.807, 2.05) is 6.08 Å². The van der Waals surface area contributed by atoms with Crippen molar-refractivity contribution >= 4 is 51.9 Å². The van der Waals surface area contributed by atoms with Crippen LogP contribution in [0, 0.1) is 0 Å². The average molecular weight is 347 g/mol. The van der Waals surface area contributed by atoms with E-state index in [4.69, 9.17) is 0 Å². The Morgan fingerprint density at radius 3 is 2.44 bits per heavy atom. The van der Waals surface area contributed by atoms with Crippen LogP contribution in [0.4, 0.5) is 0 Å². The lowest BCUT2D eigenvalue weighted by Crippen LogP contribution is -1.62. The summed E-state index contributed by atoms with van der Waals surface area (Å²) in [5.74, 6) is 0. The van der Waals surface area contributed by atoms with Crippen molar-refractivity contribution in [2.75, 3.05) is 0 Å². The van der Waals surface area contributed by atoms with E-state index in [1.54, 1.807) is 6.20 Å². The maximum Gasteiger partial charge on any atom is 0.0271 e. The number of hydrogen-bond acceptors (Lipinski definition) is 1. The van der Waals surface area contributed by atoms with E-state index < -0.39 is 0 Å². The van der Waals surface area contributed by atoms with Crippen LogP contribution in [-0.4, -0.2) is 6.72 Å². The Hall–Kier alpha value is 0.610. The fourth-order valence-electron chi connectivity index (χ4n) is 0.233. The summed E-state index contributed by atoms with van der Waals surface area (Å²) in [6.45, 7) is 5.38. The summed E-state index contributed by atoms with van der Waals surface area (Å²) in [6.07, 6.45) is 3.61. The second kappa shape index (κ2) is 5.40. The largest absolute Gasteiger partial charge is 0.272 e. The zero-order valence-electron chi connectivity index (χ0n) is 5.06. The summed E-state index contributed by atoms with van der Waals surface area (Å²) < 4.78 is 2.48. The molecule has 50 valence electrons. The highest BCUT2D eigenvalue weighted by Crippen LogP contribution is 2.18. The molecule has 0 rings (SSSR count). The van der Waals surface area contributed by atoms with Crippen LogP contribution < -0.4 is 0 Å². The van der Waals surface area contributed by atoms with Crippen molar-refractivity contribution in [2.45, 2.75) is 6.92 Å². The Bertz CT molecular complexity index is 154. The summed E-state index contributed by atoms with van der Waals surface area (Å²) in [6, 6.07) is 0. The van der Waals surface area contributed by atoms with Gasteiger partial charge in [-0.15, -0.1) is 0 Å². The van der Waals surface area contributed by atoms with Gasteiger partial charge in [0.05, 0.1) is 0 Å². The van der Waals surface area contributed by atoms with Gasteiger partial charge in [0, 0.05) is 13.4 Å². The van der Waals surface area contributed by atoms with Gasteiger partial charge in [0.25, 0.3) is 0 Å². The molecule has 0 radical (unpaired) electrons. The molecule has 0 amide bonds. The molecule has 0 aromatic heterocycles. The molecule has 0 heterocycles. The topological polar surface area (TPSA) is 12.4 Å². The van der Waals surface area contributed by atoms with Gasteiger partial charge in [0.1, 0.15) is 0 Å². The highest BCUT2D eigenvalue weighted by molar-refractivity contribution is 14.1. The molecule has 0 aliphatic carbocycles. The number of nitrogens with zero attached hydrogens (tertiary/aromatic N) is 1. The highest BCUT2D eigenvalue weighted by atomic mass is 127. The minimum atomic E-state index is 1.21. The number of allylic oxidation sites excluding steroid dienone is 3. The summed E-state index contributed by atoms with van der Waals surface area (Å²) in [7, 11) is 0. The Labute approximate surface area is 82.6 Å². The first kappa shape index (κ1) is 9.61. The Balaban J connectivity index is 4.06. The van der Waals surface area contributed by atoms with Crippen LogP contribution in [0.5, 0.6) is 0 Å². The Morgan fingerprint density at radius 2 is 2.11 bits per heavy atom. The third-order valence-corrected chi connectivity index (χ3v) is 3.44. The lowest BCUT2D eigenvalue weighted by Gasteiger charge is -1.87. The Kier molecular flexibility index (Phi) is 5.77. The molecule has 0 saturated carbocycles. The van der Waals surface area contributed by atoms with Crippen LogP contribution in [0.1, 0.15) is 6.92 Å². The molecule has 0 saturated heterocycles. The molecule has 0 atom stereocenters. The van der Waals surface area contributed by atoms with Crippen molar-refractivity contribution in [2.24, 2.45) is 4.99 Å². The third-order valence-electron chi connectivity index (χ3n) is 0.655. The molecule has 9 heavy (non-hydrogen) atoms. The second-order valence-corrected chi connectivity index (χ2v) is 4.16. The van der Waals surface area contributed by atoms with Crippen LogP contribution >= 0.6 is 45.2 Å². The van der Waals surface area contributed by atoms with E-state index in [2.05, 4.69) is 63.8 Å². The molecule has 1 nitrogen and oxygen atoms in total. The van der Waals surface area contributed by atoms with E-state index >= 15 is 0 Å². The van der Waals surface area contributed by atoms with Crippen molar-refractivity contribution < 1.29 is 0 Å². The molecule has 0 N–H and O–H groups in total. The van der Waals surface area contributed by atoms with Gasteiger partial charge in [0.15, 0.2) is 0 Å². The van der Waals surface area contributed by atoms with E-state index in [1.165, 1.54) is 7.16 Å². The summed E-state index contributed by atoms with van der Waals surface area (Å²) in [5.41, 5.74) is 0. The van der Waals surface area contributed by atoms with E-state index in [-0.39, 0.29) is 0 Å². The number of aliphatic imine (C=N–C) groups is 1. The normalized spacial score (nSPS) is 13.7. The fraction of sp³-hybridized carbons (Fsp3) is 0.167. The van der Waals surface area contributed by atoms with Crippen molar-refractivity contribution in [3.05, 3.63) is 19.4 Å². The van der Waals surface area contributed by atoms with Crippen molar-refractivity contribution in [3.63, 3.8) is 0 Å². The van der Waals surface area contributed by atoms with Crippen LogP contribution in [0.3, 0.4) is 0 Å². The van der Waals surface area contributed by atoms with Gasteiger partial charge in [0.2, 0.25) is 0 Å². The quantitative estimate of drug-likeness (QED) is 0.413. The lowest BCUT2D eigenvalue weighted by atomic mass is 10.5. The van der Waals surface area contributed by atoms with Crippen molar-refractivity contribution in [1.82, 2.24) is 0 Å². The zero-order chi connectivity index (χ0) is 7.28. The van der Waals surface area contributed by atoms with E-state index in [0.717, 1.165) is 0 Å². The van der Waals surface area contributed by atoms with Crippen molar-refractivity contribution in [1.29, 1.82) is 0 Å². The van der Waals surface area contributed by atoms with Crippen LogP contribution in [0.2, 0.25) is 0 Å². The molecule has 0 aromatic rings. The van der Waals surface area contributed by atoms with Crippen LogP contribution in [0.15, 0.2) is 24.4 Å². The molecule has 0 bridgehead atoms. The van der Waals surface area contributed by atoms with Gasteiger partial charge in [-0.05, 0) is 64.9 Å². The predicted octanol–water partition coefficient (Wildman–Crippen LogP) is 3.30. The molecular formula is C6H7I2N. The van der Waals surface area contributed by atoms with Gasteiger partial charge in [-0.3, -0.25) is 4.99 Å². The first-order valence-electron chi connectivity index (χ1n) is 2.32. The SMILES string of the molecule is C=N/C=C\C(I)=C(/C)I. The zero-order valence-corrected chi connectivity index (χ0v) is 9.38.